The smallest absolute Gasteiger partial charge is 0.227 e. The van der Waals surface area contributed by atoms with Gasteiger partial charge in [-0.3, -0.25) is 4.79 Å². The van der Waals surface area contributed by atoms with Crippen molar-refractivity contribution in [3.8, 4) is 17.1 Å². The Morgan fingerprint density at radius 1 is 1.21 bits per heavy atom. The van der Waals surface area contributed by atoms with E-state index < -0.39 is 0 Å². The number of benzene rings is 2. The molecular formula is C21H22BrN3O3. The zero-order valence-electron chi connectivity index (χ0n) is 16.1. The van der Waals surface area contributed by atoms with Gasteiger partial charge in [0.15, 0.2) is 0 Å². The van der Waals surface area contributed by atoms with Crippen LogP contribution < -0.4 is 9.64 Å². The van der Waals surface area contributed by atoms with Gasteiger partial charge in [-0.25, -0.2) is 0 Å². The van der Waals surface area contributed by atoms with E-state index in [9.17, 15) is 4.79 Å². The predicted octanol–water partition coefficient (Wildman–Crippen LogP) is 4.80. The second-order valence-corrected chi connectivity index (χ2v) is 7.21. The molecule has 0 aliphatic heterocycles. The van der Waals surface area contributed by atoms with Crippen molar-refractivity contribution in [3.63, 3.8) is 0 Å². The number of aryl methyl sites for hydroxylation is 2. The Balaban J connectivity index is 1.60. The number of carbonyl (C=O) groups is 1. The molecule has 6 nitrogen and oxygen atoms in total. The number of hydrogen-bond acceptors (Lipinski definition) is 5. The van der Waals surface area contributed by atoms with Crippen LogP contribution in [0.1, 0.15) is 24.8 Å². The Bertz CT molecular complexity index is 954. The first kappa shape index (κ1) is 20.1. The summed E-state index contributed by atoms with van der Waals surface area (Å²) >= 11 is 3.47. The number of aromatic nitrogens is 2. The third kappa shape index (κ3) is 4.78. The van der Waals surface area contributed by atoms with E-state index in [4.69, 9.17) is 9.26 Å². The minimum Gasteiger partial charge on any atom is -0.494 e. The molecule has 0 saturated carbocycles. The van der Waals surface area contributed by atoms with Gasteiger partial charge >= 0.3 is 0 Å². The molecular weight excluding hydrogens is 422 g/mol. The van der Waals surface area contributed by atoms with E-state index in [2.05, 4.69) is 26.1 Å². The zero-order valence-corrected chi connectivity index (χ0v) is 17.7. The van der Waals surface area contributed by atoms with Gasteiger partial charge in [-0.2, -0.15) is 4.98 Å². The van der Waals surface area contributed by atoms with E-state index in [1.807, 2.05) is 56.3 Å². The second kappa shape index (κ2) is 9.01. The number of amides is 1. The molecule has 0 radical (unpaired) electrons. The molecule has 7 heteroatoms. The van der Waals surface area contributed by atoms with E-state index in [0.29, 0.717) is 24.7 Å². The van der Waals surface area contributed by atoms with Gasteiger partial charge < -0.3 is 14.2 Å². The maximum absolute atomic E-state index is 12.5. The summed E-state index contributed by atoms with van der Waals surface area (Å²) in [4.78, 5) is 18.5. The van der Waals surface area contributed by atoms with Crippen LogP contribution in [0.2, 0.25) is 0 Å². The summed E-state index contributed by atoms with van der Waals surface area (Å²) in [5.41, 5.74) is 2.77. The molecule has 0 bridgehead atoms. The highest BCUT2D eigenvalue weighted by Crippen LogP contribution is 2.23. The Morgan fingerprint density at radius 3 is 2.64 bits per heavy atom. The van der Waals surface area contributed by atoms with Gasteiger partial charge in [0.1, 0.15) is 5.75 Å². The molecule has 1 heterocycles. The van der Waals surface area contributed by atoms with Gasteiger partial charge in [0.2, 0.25) is 17.6 Å². The molecule has 1 amide bonds. The molecule has 0 fully saturated rings. The van der Waals surface area contributed by atoms with Crippen LogP contribution in [-0.4, -0.2) is 29.7 Å². The van der Waals surface area contributed by atoms with Crippen molar-refractivity contribution >= 4 is 27.5 Å². The normalized spacial score (nSPS) is 10.7. The lowest BCUT2D eigenvalue weighted by atomic mass is 10.2. The van der Waals surface area contributed by atoms with Crippen LogP contribution in [0.3, 0.4) is 0 Å². The van der Waals surface area contributed by atoms with Crippen molar-refractivity contribution in [1.82, 2.24) is 10.1 Å². The summed E-state index contributed by atoms with van der Waals surface area (Å²) in [6.07, 6.45) is 0.680. The number of anilines is 1. The number of carbonyl (C=O) groups excluding carboxylic acids is 1. The van der Waals surface area contributed by atoms with Crippen molar-refractivity contribution in [2.45, 2.75) is 26.7 Å². The maximum Gasteiger partial charge on any atom is 0.227 e. The molecule has 0 saturated heterocycles. The first-order valence-electron chi connectivity index (χ1n) is 9.06. The molecule has 0 unspecified atom stereocenters. The molecule has 0 N–H and O–H groups in total. The number of ether oxygens (including phenoxy) is 1. The van der Waals surface area contributed by atoms with Gasteiger partial charge in [-0.15, -0.1) is 0 Å². The average molecular weight is 444 g/mol. The first-order chi connectivity index (χ1) is 13.5. The van der Waals surface area contributed by atoms with Crippen molar-refractivity contribution in [1.29, 1.82) is 0 Å². The predicted molar refractivity (Wildman–Crippen MR) is 112 cm³/mol. The van der Waals surface area contributed by atoms with Crippen LogP contribution in [0.25, 0.3) is 11.4 Å². The molecule has 28 heavy (non-hydrogen) atoms. The summed E-state index contributed by atoms with van der Waals surface area (Å²) in [6, 6.07) is 13.3. The molecule has 146 valence electrons. The van der Waals surface area contributed by atoms with Gasteiger partial charge in [0, 0.05) is 35.6 Å². The van der Waals surface area contributed by atoms with E-state index in [1.54, 1.807) is 11.9 Å². The molecule has 3 aromatic rings. The number of hydrogen-bond donors (Lipinski definition) is 0. The van der Waals surface area contributed by atoms with E-state index >= 15 is 0 Å². The highest BCUT2D eigenvalue weighted by atomic mass is 79.9. The van der Waals surface area contributed by atoms with E-state index in [0.717, 1.165) is 27.0 Å². The fourth-order valence-electron chi connectivity index (χ4n) is 2.70. The van der Waals surface area contributed by atoms with Crippen LogP contribution in [0.5, 0.6) is 5.75 Å². The van der Waals surface area contributed by atoms with Crippen LogP contribution in [0, 0.1) is 6.92 Å². The first-order valence-corrected chi connectivity index (χ1v) is 9.85. The highest BCUT2D eigenvalue weighted by molar-refractivity contribution is 9.10. The number of rotatable bonds is 7. The fraction of sp³-hybridized carbons (Fsp3) is 0.286. The zero-order chi connectivity index (χ0) is 20.1. The lowest BCUT2D eigenvalue weighted by Crippen LogP contribution is -2.26. The van der Waals surface area contributed by atoms with Gasteiger partial charge in [0.25, 0.3) is 0 Å². The third-order valence-corrected chi connectivity index (χ3v) is 5.24. The molecule has 0 atom stereocenters. The van der Waals surface area contributed by atoms with Gasteiger partial charge in [-0.05, 0) is 61.9 Å². The summed E-state index contributed by atoms with van der Waals surface area (Å²) < 4.78 is 11.7. The van der Waals surface area contributed by atoms with Crippen molar-refractivity contribution in [2.24, 2.45) is 0 Å². The Labute approximate surface area is 172 Å². The van der Waals surface area contributed by atoms with Crippen molar-refractivity contribution < 1.29 is 14.1 Å². The Hall–Kier alpha value is -2.67. The van der Waals surface area contributed by atoms with Crippen LogP contribution in [-0.2, 0) is 11.2 Å². The minimum atomic E-state index is -0.0115. The van der Waals surface area contributed by atoms with Gasteiger partial charge in [-0.1, -0.05) is 21.1 Å². The second-order valence-electron chi connectivity index (χ2n) is 6.36. The summed E-state index contributed by atoms with van der Waals surface area (Å²) in [7, 11) is 1.77. The molecule has 0 aliphatic rings. The van der Waals surface area contributed by atoms with Crippen LogP contribution in [0.15, 0.2) is 51.5 Å². The van der Waals surface area contributed by atoms with E-state index in [1.165, 1.54) is 0 Å². The fourth-order valence-corrected chi connectivity index (χ4v) is 2.95. The molecule has 2 aromatic carbocycles. The topological polar surface area (TPSA) is 68.5 Å². The SMILES string of the molecule is CCOc1ccc(-c2noc(CCC(=O)N(C)c3ccc(Br)c(C)c3)n2)cc1. The maximum atomic E-state index is 12.5. The summed E-state index contributed by atoms with van der Waals surface area (Å²) in [6.45, 7) is 4.55. The monoisotopic (exact) mass is 443 g/mol. The Kier molecular flexibility index (Phi) is 6.46. The minimum absolute atomic E-state index is 0.0115. The lowest BCUT2D eigenvalue weighted by molar-refractivity contribution is -0.118. The van der Waals surface area contributed by atoms with Gasteiger partial charge in [0.05, 0.1) is 6.61 Å². The third-order valence-electron chi connectivity index (χ3n) is 4.35. The highest BCUT2D eigenvalue weighted by Gasteiger charge is 2.15. The number of halogens is 1. The van der Waals surface area contributed by atoms with Crippen LogP contribution in [0.4, 0.5) is 5.69 Å². The molecule has 1 aromatic heterocycles. The van der Waals surface area contributed by atoms with Crippen LogP contribution >= 0.6 is 15.9 Å². The summed E-state index contributed by atoms with van der Waals surface area (Å²) in [5, 5.41) is 4.01. The summed E-state index contributed by atoms with van der Waals surface area (Å²) in [5.74, 6) is 1.73. The molecule has 3 rings (SSSR count). The quantitative estimate of drug-likeness (QED) is 0.524. The molecule has 0 spiro atoms. The standard InChI is InChI=1S/C21H22BrN3O3/c1-4-27-17-8-5-15(6-9-17)21-23-19(28-24-21)11-12-20(26)25(3)16-7-10-18(22)14(2)13-16/h5-10,13H,4,11-12H2,1-3H3. The largest absolute Gasteiger partial charge is 0.494 e. The Morgan fingerprint density at radius 2 is 1.96 bits per heavy atom. The van der Waals surface area contributed by atoms with Crippen molar-refractivity contribution in [2.75, 3.05) is 18.6 Å². The van der Waals surface area contributed by atoms with E-state index in [-0.39, 0.29) is 12.3 Å². The number of nitrogens with zero attached hydrogens (tertiary/aromatic N) is 3. The van der Waals surface area contributed by atoms with Crippen molar-refractivity contribution in [3.05, 3.63) is 58.4 Å². The average Bonchev–Trinajstić information content (AvgIpc) is 3.17. The molecule has 0 aliphatic carbocycles. The lowest BCUT2D eigenvalue weighted by Gasteiger charge is -2.17.